The van der Waals surface area contributed by atoms with Crippen molar-refractivity contribution >= 4 is 13.9 Å². The van der Waals surface area contributed by atoms with Crippen molar-refractivity contribution in [2.45, 2.75) is 38.9 Å². The first-order chi connectivity index (χ1) is 12.6. The Kier molecular flexibility index (Phi) is 6.49. The first kappa shape index (κ1) is 21.2. The Hall–Kier alpha value is -2.11. The van der Waals surface area contributed by atoms with Crippen molar-refractivity contribution < 1.29 is 13.9 Å². The van der Waals surface area contributed by atoms with Gasteiger partial charge in [-0.3, -0.25) is 4.98 Å². The summed E-state index contributed by atoms with van der Waals surface area (Å²) < 4.78 is 17.0. The van der Waals surface area contributed by atoms with E-state index in [1.54, 1.807) is 14.2 Å². The fraction of sp³-hybridized carbons (Fsp3) is 0.409. The minimum atomic E-state index is -1.81. The Labute approximate surface area is 164 Å². The summed E-state index contributed by atoms with van der Waals surface area (Å²) in [5.41, 5.74) is 3.94. The van der Waals surface area contributed by atoms with Gasteiger partial charge in [0.05, 0.1) is 20.8 Å². The largest absolute Gasteiger partial charge is 0.493 e. The maximum atomic E-state index is 6.30. The van der Waals surface area contributed by atoms with Crippen LogP contribution in [0.25, 0.3) is 16.7 Å². The molecule has 0 N–H and O–H groups in total. The highest BCUT2D eigenvalue weighted by molar-refractivity contribution is 6.74. The minimum absolute atomic E-state index is 0.174. The lowest BCUT2D eigenvalue weighted by molar-refractivity contribution is 0.334. The van der Waals surface area contributed by atoms with Gasteiger partial charge in [0.15, 0.2) is 19.8 Å². The van der Waals surface area contributed by atoms with Crippen LogP contribution in [-0.4, -0.2) is 34.1 Å². The van der Waals surface area contributed by atoms with Crippen LogP contribution in [0.3, 0.4) is 0 Å². The topological polar surface area (TPSA) is 40.6 Å². The molecule has 0 aliphatic heterocycles. The zero-order valence-corrected chi connectivity index (χ0v) is 18.6. The van der Waals surface area contributed by atoms with E-state index in [1.807, 2.05) is 30.6 Å². The molecule has 4 nitrogen and oxygen atoms in total. The molecule has 0 bridgehead atoms. The second-order valence-electron chi connectivity index (χ2n) is 8.18. The molecule has 146 valence electrons. The summed E-state index contributed by atoms with van der Waals surface area (Å²) in [7, 11) is 1.45. The van der Waals surface area contributed by atoms with Crippen molar-refractivity contribution in [3.8, 4) is 22.6 Å². The highest BCUT2D eigenvalue weighted by atomic mass is 28.4. The number of pyridine rings is 1. The average molecular weight is 386 g/mol. The molecule has 27 heavy (non-hydrogen) atoms. The molecular weight excluding hydrogens is 354 g/mol. The number of hydrogen-bond donors (Lipinski definition) is 0. The Morgan fingerprint density at radius 2 is 1.67 bits per heavy atom. The predicted molar refractivity (Wildman–Crippen MR) is 115 cm³/mol. The van der Waals surface area contributed by atoms with E-state index < -0.39 is 8.32 Å². The van der Waals surface area contributed by atoms with Gasteiger partial charge in [0.2, 0.25) is 0 Å². The molecule has 0 unspecified atom stereocenters. The van der Waals surface area contributed by atoms with E-state index in [0.29, 0.717) is 18.1 Å². The maximum absolute atomic E-state index is 6.30. The Balaban J connectivity index is 2.21. The summed E-state index contributed by atoms with van der Waals surface area (Å²) in [5, 5.41) is 0.174. The van der Waals surface area contributed by atoms with Crippen molar-refractivity contribution in [1.82, 2.24) is 4.98 Å². The number of aromatic nitrogens is 1. The standard InChI is InChI=1S/C22H31NO3Si/c1-16(15-26-27(7,8)22(2,3)4)18-11-19(14-23-13-18)17-9-10-20(24-5)21(12-17)25-6/h9-14H,1,15H2,2-8H3. The first-order valence-electron chi connectivity index (χ1n) is 9.08. The normalized spacial score (nSPS) is 12.0. The van der Waals surface area contributed by atoms with Crippen LogP contribution in [-0.2, 0) is 4.43 Å². The molecule has 2 rings (SSSR count). The summed E-state index contributed by atoms with van der Waals surface area (Å²) in [6.45, 7) is 15.9. The number of benzene rings is 1. The predicted octanol–water partition coefficient (Wildman–Crippen LogP) is 5.80. The third-order valence-corrected chi connectivity index (χ3v) is 9.76. The van der Waals surface area contributed by atoms with E-state index in [9.17, 15) is 0 Å². The fourth-order valence-electron chi connectivity index (χ4n) is 2.37. The molecule has 0 amide bonds. The van der Waals surface area contributed by atoms with Crippen LogP contribution >= 0.6 is 0 Å². The van der Waals surface area contributed by atoms with Crippen LogP contribution in [0.1, 0.15) is 26.3 Å². The molecule has 2 aromatic rings. The van der Waals surface area contributed by atoms with Gasteiger partial charge in [-0.05, 0) is 53.0 Å². The highest BCUT2D eigenvalue weighted by Gasteiger charge is 2.37. The molecule has 1 aromatic carbocycles. The number of ether oxygens (including phenoxy) is 2. The molecule has 0 radical (unpaired) electrons. The second-order valence-corrected chi connectivity index (χ2v) is 13.0. The van der Waals surface area contributed by atoms with Crippen molar-refractivity contribution in [3.63, 3.8) is 0 Å². The van der Waals surface area contributed by atoms with E-state index >= 15 is 0 Å². The highest BCUT2D eigenvalue weighted by Crippen LogP contribution is 2.37. The zero-order valence-electron chi connectivity index (χ0n) is 17.6. The van der Waals surface area contributed by atoms with E-state index in [4.69, 9.17) is 13.9 Å². The van der Waals surface area contributed by atoms with Gasteiger partial charge >= 0.3 is 0 Å². The van der Waals surface area contributed by atoms with Crippen LogP contribution in [0, 0.1) is 0 Å². The van der Waals surface area contributed by atoms with Gasteiger partial charge in [0.25, 0.3) is 0 Å². The van der Waals surface area contributed by atoms with Crippen molar-refractivity contribution in [2.75, 3.05) is 20.8 Å². The molecule has 0 aliphatic carbocycles. The molecule has 0 saturated heterocycles. The summed E-state index contributed by atoms with van der Waals surface area (Å²) in [6, 6.07) is 7.94. The Morgan fingerprint density at radius 3 is 2.26 bits per heavy atom. The molecule has 0 fully saturated rings. The number of methoxy groups -OCH3 is 2. The molecule has 0 spiro atoms. The van der Waals surface area contributed by atoms with Gasteiger partial charge in [0, 0.05) is 18.0 Å². The molecular formula is C22H31NO3Si. The van der Waals surface area contributed by atoms with E-state index in [0.717, 1.165) is 22.3 Å². The Morgan fingerprint density at radius 1 is 1.00 bits per heavy atom. The fourth-order valence-corrected chi connectivity index (χ4v) is 3.34. The van der Waals surface area contributed by atoms with Crippen molar-refractivity contribution in [3.05, 3.63) is 48.8 Å². The van der Waals surface area contributed by atoms with Crippen LogP contribution in [0.2, 0.25) is 18.1 Å². The summed E-state index contributed by atoms with van der Waals surface area (Å²) in [6.07, 6.45) is 3.67. The SMILES string of the molecule is C=C(CO[Si](C)(C)C(C)(C)C)c1cncc(-c2ccc(OC)c(OC)c2)c1. The number of nitrogens with zero attached hydrogens (tertiary/aromatic N) is 1. The van der Waals surface area contributed by atoms with Crippen LogP contribution in [0.5, 0.6) is 11.5 Å². The summed E-state index contributed by atoms with van der Waals surface area (Å²) in [5.74, 6) is 1.40. The van der Waals surface area contributed by atoms with Gasteiger partial charge < -0.3 is 13.9 Å². The van der Waals surface area contributed by atoms with E-state index in [-0.39, 0.29) is 5.04 Å². The van der Waals surface area contributed by atoms with Gasteiger partial charge in [0.1, 0.15) is 0 Å². The smallest absolute Gasteiger partial charge is 0.192 e. The van der Waals surface area contributed by atoms with Crippen molar-refractivity contribution in [2.24, 2.45) is 0 Å². The molecule has 5 heteroatoms. The number of hydrogen-bond acceptors (Lipinski definition) is 4. The zero-order chi connectivity index (χ0) is 20.2. The second kappa shape index (κ2) is 8.27. The average Bonchev–Trinajstić information content (AvgIpc) is 2.64. The van der Waals surface area contributed by atoms with Gasteiger partial charge in [-0.25, -0.2) is 0 Å². The van der Waals surface area contributed by atoms with Gasteiger partial charge in [-0.2, -0.15) is 0 Å². The van der Waals surface area contributed by atoms with Gasteiger partial charge in [-0.15, -0.1) is 0 Å². The third kappa shape index (κ3) is 4.99. The van der Waals surface area contributed by atoms with Crippen LogP contribution < -0.4 is 9.47 Å². The number of rotatable bonds is 7. The lowest BCUT2D eigenvalue weighted by Gasteiger charge is -2.36. The molecule has 0 saturated carbocycles. The molecule has 1 heterocycles. The summed E-state index contributed by atoms with van der Waals surface area (Å²) in [4.78, 5) is 4.40. The lowest BCUT2D eigenvalue weighted by Crippen LogP contribution is -2.41. The van der Waals surface area contributed by atoms with Crippen molar-refractivity contribution in [1.29, 1.82) is 0 Å². The van der Waals surface area contributed by atoms with Gasteiger partial charge in [-0.1, -0.05) is 33.4 Å². The quantitative estimate of drug-likeness (QED) is 0.565. The van der Waals surface area contributed by atoms with Crippen LogP contribution in [0.15, 0.2) is 43.2 Å². The Bertz CT molecular complexity index is 809. The minimum Gasteiger partial charge on any atom is -0.493 e. The maximum Gasteiger partial charge on any atom is 0.192 e. The van der Waals surface area contributed by atoms with E-state index in [2.05, 4.69) is 51.5 Å². The molecule has 1 aromatic heterocycles. The lowest BCUT2D eigenvalue weighted by atomic mass is 10.0. The van der Waals surface area contributed by atoms with E-state index in [1.165, 1.54) is 0 Å². The molecule has 0 aliphatic rings. The first-order valence-corrected chi connectivity index (χ1v) is 12.0. The molecule has 0 atom stereocenters. The van der Waals surface area contributed by atoms with Crippen LogP contribution in [0.4, 0.5) is 0 Å². The summed E-state index contributed by atoms with van der Waals surface area (Å²) >= 11 is 0. The monoisotopic (exact) mass is 385 g/mol. The third-order valence-electron chi connectivity index (χ3n) is 5.28.